The largest absolute Gasteiger partial charge is 0.496 e. The van der Waals surface area contributed by atoms with Gasteiger partial charge >= 0.3 is 0 Å². The highest BCUT2D eigenvalue weighted by molar-refractivity contribution is 5.48. The van der Waals surface area contributed by atoms with Gasteiger partial charge in [0.1, 0.15) is 5.75 Å². The molecule has 0 fully saturated rings. The highest BCUT2D eigenvalue weighted by Crippen LogP contribution is 2.33. The Morgan fingerprint density at radius 3 is 2.30 bits per heavy atom. The van der Waals surface area contributed by atoms with Gasteiger partial charge in [-0.2, -0.15) is 0 Å². The van der Waals surface area contributed by atoms with Gasteiger partial charge < -0.3 is 10.5 Å². The zero-order valence-electron chi connectivity index (χ0n) is 12.9. The van der Waals surface area contributed by atoms with Crippen molar-refractivity contribution in [2.45, 2.75) is 33.2 Å². The predicted molar refractivity (Wildman–Crippen MR) is 84.3 cm³/mol. The lowest BCUT2D eigenvalue weighted by molar-refractivity contribution is 0.410. The quantitative estimate of drug-likeness (QED) is 0.918. The highest BCUT2D eigenvalue weighted by Gasteiger charge is 2.26. The number of rotatable bonds is 3. The minimum absolute atomic E-state index is 0.507. The molecule has 2 nitrogen and oxygen atoms in total. The third-order valence-corrected chi connectivity index (χ3v) is 3.92. The molecule has 0 aliphatic carbocycles. The van der Waals surface area contributed by atoms with Crippen LogP contribution in [-0.2, 0) is 5.54 Å². The molecular weight excluding hydrogens is 246 g/mol. The summed E-state index contributed by atoms with van der Waals surface area (Å²) in [6, 6.07) is 12.6. The fourth-order valence-electron chi connectivity index (χ4n) is 2.69. The molecular formula is C18H23NO. The Hall–Kier alpha value is -1.80. The third kappa shape index (κ3) is 2.56. The maximum absolute atomic E-state index is 6.65. The summed E-state index contributed by atoms with van der Waals surface area (Å²) in [4.78, 5) is 0. The summed E-state index contributed by atoms with van der Waals surface area (Å²) in [6.07, 6.45) is 0. The topological polar surface area (TPSA) is 35.2 Å². The van der Waals surface area contributed by atoms with Crippen molar-refractivity contribution in [2.75, 3.05) is 7.11 Å². The van der Waals surface area contributed by atoms with Crippen molar-refractivity contribution in [1.82, 2.24) is 0 Å². The number of nitrogens with two attached hydrogens (primary N) is 1. The molecule has 106 valence electrons. The molecule has 2 heteroatoms. The first-order valence-electron chi connectivity index (χ1n) is 6.88. The van der Waals surface area contributed by atoms with Gasteiger partial charge in [-0.1, -0.05) is 29.8 Å². The average Bonchev–Trinajstić information content (AvgIpc) is 2.40. The summed E-state index contributed by atoms with van der Waals surface area (Å²) in [6.45, 7) is 8.29. The van der Waals surface area contributed by atoms with Crippen LogP contribution in [0.3, 0.4) is 0 Å². The summed E-state index contributed by atoms with van der Waals surface area (Å²) in [7, 11) is 1.70. The molecule has 1 unspecified atom stereocenters. The van der Waals surface area contributed by atoms with E-state index in [2.05, 4.69) is 57.2 Å². The van der Waals surface area contributed by atoms with E-state index in [1.165, 1.54) is 5.56 Å². The van der Waals surface area contributed by atoms with E-state index < -0.39 is 5.54 Å². The van der Waals surface area contributed by atoms with E-state index in [0.29, 0.717) is 0 Å². The third-order valence-electron chi connectivity index (χ3n) is 3.92. The van der Waals surface area contributed by atoms with Crippen LogP contribution >= 0.6 is 0 Å². The van der Waals surface area contributed by atoms with Crippen molar-refractivity contribution in [3.05, 3.63) is 64.2 Å². The molecule has 0 aliphatic rings. The summed E-state index contributed by atoms with van der Waals surface area (Å²) in [5.74, 6) is 0.909. The Morgan fingerprint density at radius 1 is 1.00 bits per heavy atom. The lowest BCUT2D eigenvalue weighted by atomic mass is 9.82. The molecule has 0 aliphatic heterocycles. The normalized spacial score (nSPS) is 13.9. The second kappa shape index (κ2) is 5.29. The van der Waals surface area contributed by atoms with E-state index in [1.807, 2.05) is 6.92 Å². The van der Waals surface area contributed by atoms with E-state index in [0.717, 1.165) is 28.0 Å². The van der Waals surface area contributed by atoms with Gasteiger partial charge in [0, 0.05) is 0 Å². The first-order chi connectivity index (χ1) is 9.36. The van der Waals surface area contributed by atoms with Crippen LogP contribution in [0.25, 0.3) is 0 Å². The van der Waals surface area contributed by atoms with Crippen LogP contribution in [0.4, 0.5) is 0 Å². The molecule has 2 N–H and O–H groups in total. The van der Waals surface area contributed by atoms with Crippen molar-refractivity contribution >= 4 is 0 Å². The lowest BCUT2D eigenvalue weighted by Crippen LogP contribution is -2.35. The number of hydrogen-bond acceptors (Lipinski definition) is 2. The standard InChI is InChI=1S/C18H23NO/c1-12-7-6-8-15(9-12)18(4,19)16-10-14(3)17(20-5)11-13(16)2/h6-11H,19H2,1-5H3. The van der Waals surface area contributed by atoms with Crippen LogP contribution in [0.1, 0.15) is 34.7 Å². The van der Waals surface area contributed by atoms with Gasteiger partial charge in [-0.05, 0) is 62.1 Å². The summed E-state index contributed by atoms with van der Waals surface area (Å²) in [5.41, 5.74) is 11.9. The molecule has 2 rings (SSSR count). The number of methoxy groups -OCH3 is 1. The van der Waals surface area contributed by atoms with Crippen LogP contribution < -0.4 is 10.5 Å². The maximum Gasteiger partial charge on any atom is 0.122 e. The number of aryl methyl sites for hydroxylation is 3. The molecule has 1 atom stereocenters. The summed E-state index contributed by atoms with van der Waals surface area (Å²) < 4.78 is 5.38. The fourth-order valence-corrected chi connectivity index (χ4v) is 2.69. The van der Waals surface area contributed by atoms with Gasteiger partial charge in [-0.15, -0.1) is 0 Å². The maximum atomic E-state index is 6.65. The number of ether oxygens (including phenoxy) is 1. The van der Waals surface area contributed by atoms with Crippen LogP contribution in [-0.4, -0.2) is 7.11 Å². The van der Waals surface area contributed by atoms with E-state index in [4.69, 9.17) is 10.5 Å². The Bertz CT molecular complexity index is 629. The van der Waals surface area contributed by atoms with Gasteiger partial charge in [0.05, 0.1) is 12.6 Å². The van der Waals surface area contributed by atoms with Crippen molar-refractivity contribution in [1.29, 1.82) is 0 Å². The molecule has 0 radical (unpaired) electrons. The zero-order valence-corrected chi connectivity index (χ0v) is 12.9. The van der Waals surface area contributed by atoms with Crippen molar-refractivity contribution in [2.24, 2.45) is 5.73 Å². The smallest absolute Gasteiger partial charge is 0.122 e. The van der Waals surface area contributed by atoms with Crippen LogP contribution in [0.2, 0.25) is 0 Å². The SMILES string of the molecule is COc1cc(C)c(C(C)(N)c2cccc(C)c2)cc1C. The van der Waals surface area contributed by atoms with Gasteiger partial charge in [0.15, 0.2) is 0 Å². The van der Waals surface area contributed by atoms with Crippen LogP contribution in [0.15, 0.2) is 36.4 Å². The number of hydrogen-bond donors (Lipinski definition) is 1. The van der Waals surface area contributed by atoms with Crippen molar-refractivity contribution in [3.63, 3.8) is 0 Å². The highest BCUT2D eigenvalue weighted by atomic mass is 16.5. The molecule has 20 heavy (non-hydrogen) atoms. The lowest BCUT2D eigenvalue weighted by Gasteiger charge is -2.29. The molecule has 0 bridgehead atoms. The molecule has 0 amide bonds. The van der Waals surface area contributed by atoms with Crippen molar-refractivity contribution < 1.29 is 4.74 Å². The van der Waals surface area contributed by atoms with E-state index in [-0.39, 0.29) is 0 Å². The number of benzene rings is 2. The van der Waals surface area contributed by atoms with Crippen LogP contribution in [0, 0.1) is 20.8 Å². The first kappa shape index (κ1) is 14.6. The average molecular weight is 269 g/mol. The van der Waals surface area contributed by atoms with Gasteiger partial charge in [-0.3, -0.25) is 0 Å². The fraction of sp³-hybridized carbons (Fsp3) is 0.333. The minimum Gasteiger partial charge on any atom is -0.496 e. The van der Waals surface area contributed by atoms with E-state index >= 15 is 0 Å². The molecule has 2 aromatic carbocycles. The molecule has 0 spiro atoms. The zero-order chi connectivity index (χ0) is 14.9. The Kier molecular flexibility index (Phi) is 3.87. The van der Waals surface area contributed by atoms with Crippen LogP contribution in [0.5, 0.6) is 5.75 Å². The molecule has 0 saturated carbocycles. The van der Waals surface area contributed by atoms with Crippen molar-refractivity contribution in [3.8, 4) is 5.75 Å². The predicted octanol–water partition coefficient (Wildman–Crippen LogP) is 3.84. The monoisotopic (exact) mass is 269 g/mol. The molecule has 0 aromatic heterocycles. The molecule has 0 saturated heterocycles. The molecule has 0 heterocycles. The Balaban J connectivity index is 2.57. The summed E-state index contributed by atoms with van der Waals surface area (Å²) >= 11 is 0. The second-order valence-corrected chi connectivity index (χ2v) is 5.71. The van der Waals surface area contributed by atoms with E-state index in [9.17, 15) is 0 Å². The molecule has 2 aromatic rings. The first-order valence-corrected chi connectivity index (χ1v) is 6.88. The van der Waals surface area contributed by atoms with Gasteiger partial charge in [0.25, 0.3) is 0 Å². The Morgan fingerprint density at radius 2 is 1.70 bits per heavy atom. The second-order valence-electron chi connectivity index (χ2n) is 5.71. The van der Waals surface area contributed by atoms with Gasteiger partial charge in [0.2, 0.25) is 0 Å². The minimum atomic E-state index is -0.507. The van der Waals surface area contributed by atoms with Gasteiger partial charge in [-0.25, -0.2) is 0 Å². The Labute approximate surface area is 121 Å². The summed E-state index contributed by atoms with van der Waals surface area (Å²) in [5, 5.41) is 0. The van der Waals surface area contributed by atoms with E-state index in [1.54, 1.807) is 7.11 Å².